The zero-order valence-corrected chi connectivity index (χ0v) is 9.12. The molecule has 0 radical (unpaired) electrons. The number of hydrogen-bond donors (Lipinski definition) is 0. The molecular formula is C11H10N2O4. The molecule has 0 amide bonds. The summed E-state index contributed by atoms with van der Waals surface area (Å²) in [6, 6.07) is 9.27. The summed E-state index contributed by atoms with van der Waals surface area (Å²) in [5, 5.41) is 7.31. The summed E-state index contributed by atoms with van der Waals surface area (Å²) in [5.74, 6) is -0.325. The second kappa shape index (κ2) is 5.11. The molecule has 17 heavy (non-hydrogen) atoms. The lowest BCUT2D eigenvalue weighted by atomic mass is 10.2. The summed E-state index contributed by atoms with van der Waals surface area (Å²) >= 11 is 0. The minimum atomic E-state index is -0.494. The van der Waals surface area contributed by atoms with Crippen molar-refractivity contribution in [1.29, 1.82) is 0 Å². The van der Waals surface area contributed by atoms with Gasteiger partial charge in [0, 0.05) is 5.56 Å². The maximum Gasteiger partial charge on any atom is 0.343 e. The van der Waals surface area contributed by atoms with Crippen LogP contribution in [0, 0.1) is 0 Å². The van der Waals surface area contributed by atoms with Crippen LogP contribution in [0.3, 0.4) is 0 Å². The van der Waals surface area contributed by atoms with Crippen molar-refractivity contribution in [2.45, 2.75) is 0 Å². The van der Waals surface area contributed by atoms with Crippen LogP contribution in [0.25, 0.3) is 11.3 Å². The highest BCUT2D eigenvalue weighted by atomic mass is 16.6. The number of benzene rings is 1. The number of carbonyl (C=O) groups excluding carboxylic acids is 1. The zero-order chi connectivity index (χ0) is 12.1. The molecule has 0 N–H and O–H groups in total. The minimum absolute atomic E-state index is 0.168. The van der Waals surface area contributed by atoms with Gasteiger partial charge in [-0.2, -0.15) is 0 Å². The highest BCUT2D eigenvalue weighted by Crippen LogP contribution is 2.25. The molecule has 2 aromatic rings. The van der Waals surface area contributed by atoms with E-state index in [4.69, 9.17) is 4.74 Å². The topological polar surface area (TPSA) is 74.5 Å². The lowest BCUT2D eigenvalue weighted by Crippen LogP contribution is -2.13. The van der Waals surface area contributed by atoms with Gasteiger partial charge < -0.3 is 9.47 Å². The molecule has 0 saturated carbocycles. The van der Waals surface area contributed by atoms with Gasteiger partial charge in [-0.3, -0.25) is 0 Å². The van der Waals surface area contributed by atoms with Crippen LogP contribution >= 0.6 is 0 Å². The molecule has 88 valence electrons. The van der Waals surface area contributed by atoms with E-state index in [-0.39, 0.29) is 12.5 Å². The molecule has 0 bridgehead atoms. The van der Waals surface area contributed by atoms with E-state index in [0.29, 0.717) is 5.69 Å². The number of aromatic nitrogens is 2. The van der Waals surface area contributed by atoms with E-state index in [9.17, 15) is 4.79 Å². The second-order valence-corrected chi connectivity index (χ2v) is 3.15. The largest absolute Gasteiger partial charge is 0.466 e. The molecule has 1 aromatic heterocycles. The van der Waals surface area contributed by atoms with Crippen molar-refractivity contribution in [2.75, 3.05) is 13.7 Å². The molecule has 0 spiro atoms. The first-order chi connectivity index (χ1) is 8.31. The van der Waals surface area contributed by atoms with E-state index in [2.05, 4.69) is 19.7 Å². The number of methoxy groups -OCH3 is 1. The van der Waals surface area contributed by atoms with E-state index in [1.807, 2.05) is 30.3 Å². The Morgan fingerprint density at radius 3 is 2.76 bits per heavy atom. The first-order valence-electron chi connectivity index (χ1n) is 4.89. The van der Waals surface area contributed by atoms with Gasteiger partial charge in [-0.05, 0) is 10.3 Å². The fourth-order valence-electron chi connectivity index (χ4n) is 1.23. The predicted octanol–water partition coefficient (Wildman–Crippen LogP) is 1.29. The summed E-state index contributed by atoms with van der Waals surface area (Å²) in [4.78, 5) is 10.9. The van der Waals surface area contributed by atoms with Gasteiger partial charge in [-0.1, -0.05) is 30.3 Å². The Hall–Kier alpha value is -2.37. The Labute approximate surface area is 97.1 Å². The van der Waals surface area contributed by atoms with Gasteiger partial charge in [0.1, 0.15) is 0 Å². The van der Waals surface area contributed by atoms with Crippen molar-refractivity contribution >= 4 is 5.97 Å². The number of hydrogen-bond acceptors (Lipinski definition) is 6. The molecule has 6 heteroatoms. The quantitative estimate of drug-likeness (QED) is 0.742. The van der Waals surface area contributed by atoms with Gasteiger partial charge in [-0.15, -0.1) is 0 Å². The number of ether oxygens (including phenoxy) is 2. The highest BCUT2D eigenvalue weighted by Gasteiger charge is 2.14. The van der Waals surface area contributed by atoms with E-state index in [1.54, 1.807) is 0 Å². The van der Waals surface area contributed by atoms with Crippen molar-refractivity contribution < 1.29 is 18.9 Å². The minimum Gasteiger partial charge on any atom is -0.466 e. The smallest absolute Gasteiger partial charge is 0.343 e. The molecule has 0 saturated heterocycles. The summed E-state index contributed by atoms with van der Waals surface area (Å²) < 4.78 is 14.2. The summed E-state index contributed by atoms with van der Waals surface area (Å²) in [6.07, 6.45) is 0. The van der Waals surface area contributed by atoms with Crippen molar-refractivity contribution in [1.82, 2.24) is 10.3 Å². The third-order valence-corrected chi connectivity index (χ3v) is 2.06. The average molecular weight is 234 g/mol. The Morgan fingerprint density at radius 1 is 1.29 bits per heavy atom. The van der Waals surface area contributed by atoms with Crippen molar-refractivity contribution in [2.24, 2.45) is 0 Å². The SMILES string of the molecule is COC(=O)COc1nonc1-c1ccccc1. The van der Waals surface area contributed by atoms with E-state index < -0.39 is 5.97 Å². The molecule has 0 atom stereocenters. The lowest BCUT2D eigenvalue weighted by molar-refractivity contribution is -0.143. The lowest BCUT2D eigenvalue weighted by Gasteiger charge is -2.01. The first-order valence-corrected chi connectivity index (χ1v) is 4.89. The molecule has 2 rings (SSSR count). The fourth-order valence-corrected chi connectivity index (χ4v) is 1.23. The molecular weight excluding hydrogens is 224 g/mol. The Bertz CT molecular complexity index is 495. The summed E-state index contributed by atoms with van der Waals surface area (Å²) in [5.41, 5.74) is 1.25. The van der Waals surface area contributed by atoms with Crippen molar-refractivity contribution in [3.05, 3.63) is 30.3 Å². The third-order valence-electron chi connectivity index (χ3n) is 2.06. The van der Waals surface area contributed by atoms with Gasteiger partial charge in [0.15, 0.2) is 12.3 Å². The van der Waals surface area contributed by atoms with Gasteiger partial charge in [0.25, 0.3) is 5.88 Å². The number of carbonyl (C=O) groups is 1. The van der Waals surface area contributed by atoms with Crippen LogP contribution < -0.4 is 4.74 Å². The van der Waals surface area contributed by atoms with Gasteiger partial charge in [0.2, 0.25) is 0 Å². The van der Waals surface area contributed by atoms with E-state index >= 15 is 0 Å². The van der Waals surface area contributed by atoms with Gasteiger partial charge in [0.05, 0.1) is 7.11 Å². The van der Waals surface area contributed by atoms with Gasteiger partial charge >= 0.3 is 5.97 Å². The van der Waals surface area contributed by atoms with Crippen molar-refractivity contribution in [3.8, 4) is 17.1 Å². The first kappa shape index (κ1) is 11.1. The van der Waals surface area contributed by atoms with Crippen LogP contribution in [0.15, 0.2) is 35.0 Å². The normalized spacial score (nSPS) is 9.94. The molecule has 0 unspecified atom stereocenters. The molecule has 1 aromatic carbocycles. The summed E-state index contributed by atoms with van der Waals surface area (Å²) in [6.45, 7) is -0.232. The average Bonchev–Trinajstić information content (AvgIpc) is 2.85. The zero-order valence-electron chi connectivity index (χ0n) is 9.12. The van der Waals surface area contributed by atoms with Gasteiger partial charge in [-0.25, -0.2) is 9.42 Å². The van der Waals surface area contributed by atoms with E-state index in [1.165, 1.54) is 7.11 Å². The van der Waals surface area contributed by atoms with Crippen LogP contribution in [-0.2, 0) is 9.53 Å². The molecule has 0 fully saturated rings. The molecule has 0 aliphatic carbocycles. The van der Waals surface area contributed by atoms with E-state index in [0.717, 1.165) is 5.56 Å². The predicted molar refractivity (Wildman–Crippen MR) is 57.2 cm³/mol. The van der Waals surface area contributed by atoms with Crippen LogP contribution in [-0.4, -0.2) is 30.0 Å². The Kier molecular flexibility index (Phi) is 3.34. The standard InChI is InChI=1S/C11H10N2O4/c1-15-9(14)7-16-11-10(12-17-13-11)8-5-3-2-4-6-8/h2-6H,7H2,1H3. The maximum atomic E-state index is 10.9. The second-order valence-electron chi connectivity index (χ2n) is 3.15. The van der Waals surface area contributed by atoms with Crippen molar-refractivity contribution in [3.63, 3.8) is 0 Å². The van der Waals surface area contributed by atoms with Crippen LogP contribution in [0.4, 0.5) is 0 Å². The fraction of sp³-hybridized carbons (Fsp3) is 0.182. The van der Waals surface area contributed by atoms with Crippen LogP contribution in [0.5, 0.6) is 5.88 Å². The monoisotopic (exact) mass is 234 g/mol. The Morgan fingerprint density at radius 2 is 2.06 bits per heavy atom. The molecule has 0 aliphatic heterocycles. The Balaban J connectivity index is 2.15. The highest BCUT2D eigenvalue weighted by molar-refractivity contribution is 5.71. The molecule has 1 heterocycles. The van der Waals surface area contributed by atoms with Crippen LogP contribution in [0.1, 0.15) is 0 Å². The number of rotatable bonds is 4. The number of esters is 1. The maximum absolute atomic E-state index is 10.9. The summed E-state index contributed by atoms with van der Waals surface area (Å²) in [7, 11) is 1.28. The number of nitrogens with zero attached hydrogens (tertiary/aromatic N) is 2. The molecule has 6 nitrogen and oxygen atoms in total. The molecule has 0 aliphatic rings. The van der Waals surface area contributed by atoms with Crippen LogP contribution in [0.2, 0.25) is 0 Å². The third kappa shape index (κ3) is 2.60.